The van der Waals surface area contributed by atoms with Gasteiger partial charge in [-0.05, 0) is 34.5 Å². The second-order valence-corrected chi connectivity index (χ2v) is 4.32. The molecule has 1 N–H and O–H groups in total. The van der Waals surface area contributed by atoms with E-state index >= 15 is 0 Å². The summed E-state index contributed by atoms with van der Waals surface area (Å²) < 4.78 is 0. The first-order valence-electron chi connectivity index (χ1n) is 5.93. The lowest BCUT2D eigenvalue weighted by Crippen LogP contribution is -1.91. The summed E-state index contributed by atoms with van der Waals surface area (Å²) >= 11 is 0. The van der Waals surface area contributed by atoms with Gasteiger partial charge in [-0.25, -0.2) is 0 Å². The summed E-state index contributed by atoms with van der Waals surface area (Å²) in [5, 5.41) is 12.3. The van der Waals surface area contributed by atoms with Crippen molar-refractivity contribution in [1.29, 1.82) is 0 Å². The Morgan fingerprint density at radius 1 is 0.889 bits per heavy atom. The lowest BCUT2D eigenvalue weighted by Gasteiger charge is -2.09. The summed E-state index contributed by atoms with van der Waals surface area (Å²) in [6.07, 6.45) is 4.27. The van der Waals surface area contributed by atoms with Crippen LogP contribution in [0.2, 0.25) is 0 Å². The predicted octanol–water partition coefficient (Wildman–Crippen LogP) is 3.53. The number of hydrogen-bond donors (Lipinski definition) is 1. The van der Waals surface area contributed by atoms with Crippen LogP contribution >= 0.6 is 0 Å². The molecule has 1 heterocycles. The number of fused-ring (bicyclic) bond motifs is 1. The molecule has 1 aromatic heterocycles. The molecule has 0 aliphatic rings. The average molecular weight is 235 g/mol. The zero-order chi connectivity index (χ0) is 12.4. The first kappa shape index (κ1) is 10.8. The van der Waals surface area contributed by atoms with Crippen LogP contribution in [0.5, 0.6) is 5.75 Å². The Labute approximate surface area is 106 Å². The van der Waals surface area contributed by atoms with Crippen molar-refractivity contribution < 1.29 is 5.11 Å². The second kappa shape index (κ2) is 4.49. The lowest BCUT2D eigenvalue weighted by molar-refractivity contribution is 0.470. The molecule has 0 amide bonds. The van der Waals surface area contributed by atoms with Gasteiger partial charge in [0.1, 0.15) is 5.75 Å². The summed E-state index contributed by atoms with van der Waals surface area (Å²) in [5.74, 6) is 0.352. The number of phenolic OH excluding ortho intramolecular Hbond substituents is 1. The van der Waals surface area contributed by atoms with Crippen LogP contribution in [-0.2, 0) is 6.42 Å². The van der Waals surface area contributed by atoms with Crippen molar-refractivity contribution in [3.05, 3.63) is 72.1 Å². The van der Waals surface area contributed by atoms with E-state index in [4.69, 9.17) is 0 Å². The highest BCUT2D eigenvalue weighted by Gasteiger charge is 2.07. The van der Waals surface area contributed by atoms with Gasteiger partial charge in [-0.2, -0.15) is 0 Å². The smallest absolute Gasteiger partial charge is 0.119 e. The average Bonchev–Trinajstić information content (AvgIpc) is 2.43. The molecule has 0 aliphatic carbocycles. The number of benzene rings is 2. The van der Waals surface area contributed by atoms with Gasteiger partial charge in [0, 0.05) is 24.4 Å². The Morgan fingerprint density at radius 2 is 1.67 bits per heavy atom. The van der Waals surface area contributed by atoms with Crippen LogP contribution in [0.25, 0.3) is 10.8 Å². The molecule has 3 rings (SSSR count). The van der Waals surface area contributed by atoms with Gasteiger partial charge in [0.15, 0.2) is 0 Å². The molecule has 0 fully saturated rings. The Balaban J connectivity index is 2.13. The summed E-state index contributed by atoms with van der Waals surface area (Å²) in [5.41, 5.74) is 2.12. The fourth-order valence-corrected chi connectivity index (χ4v) is 2.21. The van der Waals surface area contributed by atoms with Gasteiger partial charge in [-0.15, -0.1) is 0 Å². The van der Waals surface area contributed by atoms with Gasteiger partial charge < -0.3 is 5.11 Å². The van der Waals surface area contributed by atoms with Crippen LogP contribution < -0.4 is 0 Å². The van der Waals surface area contributed by atoms with Crippen molar-refractivity contribution in [2.75, 3.05) is 0 Å². The molecule has 0 atom stereocenters. The maximum absolute atomic E-state index is 10.1. The highest BCUT2D eigenvalue weighted by Crippen LogP contribution is 2.29. The van der Waals surface area contributed by atoms with Crippen LogP contribution in [0.1, 0.15) is 11.1 Å². The molecule has 3 aromatic rings. The van der Waals surface area contributed by atoms with E-state index in [1.54, 1.807) is 18.5 Å². The van der Waals surface area contributed by atoms with E-state index in [1.807, 2.05) is 36.4 Å². The number of aromatic nitrogens is 1. The number of rotatable bonds is 2. The number of aromatic hydroxyl groups is 1. The minimum atomic E-state index is 0.352. The van der Waals surface area contributed by atoms with Crippen molar-refractivity contribution in [3.8, 4) is 5.75 Å². The van der Waals surface area contributed by atoms with Crippen LogP contribution in [0.4, 0.5) is 0 Å². The second-order valence-electron chi connectivity index (χ2n) is 4.32. The maximum atomic E-state index is 10.1. The molecular weight excluding hydrogens is 222 g/mol. The number of phenols is 1. The molecule has 0 unspecified atom stereocenters. The van der Waals surface area contributed by atoms with Crippen LogP contribution in [-0.4, -0.2) is 10.1 Å². The minimum Gasteiger partial charge on any atom is -0.508 e. The molecule has 0 saturated heterocycles. The summed E-state index contributed by atoms with van der Waals surface area (Å²) in [7, 11) is 0. The molecule has 0 spiro atoms. The number of hydrogen-bond acceptors (Lipinski definition) is 2. The van der Waals surface area contributed by atoms with Gasteiger partial charge in [0.25, 0.3) is 0 Å². The Morgan fingerprint density at radius 3 is 2.50 bits per heavy atom. The zero-order valence-electron chi connectivity index (χ0n) is 9.88. The molecule has 0 aliphatic heterocycles. The molecule has 2 nitrogen and oxygen atoms in total. The van der Waals surface area contributed by atoms with Crippen molar-refractivity contribution >= 4 is 10.8 Å². The molecule has 88 valence electrons. The first-order valence-corrected chi connectivity index (χ1v) is 5.93. The summed E-state index contributed by atoms with van der Waals surface area (Å²) in [6.45, 7) is 0. The van der Waals surface area contributed by atoms with Crippen molar-refractivity contribution in [2.45, 2.75) is 6.42 Å². The van der Waals surface area contributed by atoms with E-state index in [0.717, 1.165) is 28.3 Å². The Kier molecular flexibility index (Phi) is 2.69. The van der Waals surface area contributed by atoms with Gasteiger partial charge in [0.2, 0.25) is 0 Å². The van der Waals surface area contributed by atoms with Gasteiger partial charge >= 0.3 is 0 Å². The first-order chi connectivity index (χ1) is 8.84. The van der Waals surface area contributed by atoms with Gasteiger partial charge in [0.05, 0.1) is 0 Å². The topological polar surface area (TPSA) is 33.1 Å². The number of nitrogens with zero attached hydrogens (tertiary/aromatic N) is 1. The maximum Gasteiger partial charge on any atom is 0.119 e. The fourth-order valence-electron chi connectivity index (χ4n) is 2.21. The highest BCUT2D eigenvalue weighted by atomic mass is 16.3. The van der Waals surface area contributed by atoms with E-state index in [1.165, 1.54) is 0 Å². The molecule has 0 saturated carbocycles. The van der Waals surface area contributed by atoms with Crippen molar-refractivity contribution in [3.63, 3.8) is 0 Å². The third-order valence-corrected chi connectivity index (χ3v) is 3.15. The number of pyridine rings is 1. The summed E-state index contributed by atoms with van der Waals surface area (Å²) in [4.78, 5) is 4.01. The largest absolute Gasteiger partial charge is 0.508 e. The SMILES string of the molecule is Oc1ccc2ccccc2c1Cc1ccncc1. The van der Waals surface area contributed by atoms with E-state index in [0.29, 0.717) is 5.75 Å². The standard InChI is InChI=1S/C16H13NO/c18-16-6-5-13-3-1-2-4-14(13)15(16)11-12-7-9-17-10-8-12/h1-10,18H,11H2. The summed E-state index contributed by atoms with van der Waals surface area (Å²) in [6, 6.07) is 15.8. The molecule has 2 aromatic carbocycles. The normalized spacial score (nSPS) is 10.7. The molecule has 0 radical (unpaired) electrons. The molecular formula is C16H13NO. The third-order valence-electron chi connectivity index (χ3n) is 3.15. The quantitative estimate of drug-likeness (QED) is 0.737. The highest BCUT2D eigenvalue weighted by molar-refractivity contribution is 5.87. The van der Waals surface area contributed by atoms with Crippen LogP contribution in [0, 0.1) is 0 Å². The van der Waals surface area contributed by atoms with Crippen LogP contribution in [0.15, 0.2) is 60.9 Å². The van der Waals surface area contributed by atoms with E-state index < -0.39 is 0 Å². The predicted molar refractivity (Wildman–Crippen MR) is 72.7 cm³/mol. The minimum absolute atomic E-state index is 0.352. The monoisotopic (exact) mass is 235 g/mol. The van der Waals surface area contributed by atoms with Crippen molar-refractivity contribution in [2.24, 2.45) is 0 Å². The zero-order valence-corrected chi connectivity index (χ0v) is 9.88. The van der Waals surface area contributed by atoms with E-state index in [9.17, 15) is 5.11 Å². The van der Waals surface area contributed by atoms with Gasteiger partial charge in [-0.1, -0.05) is 30.3 Å². The Hall–Kier alpha value is -2.35. The molecule has 0 bridgehead atoms. The van der Waals surface area contributed by atoms with E-state index in [2.05, 4.69) is 11.1 Å². The van der Waals surface area contributed by atoms with E-state index in [-0.39, 0.29) is 0 Å². The fraction of sp³-hybridized carbons (Fsp3) is 0.0625. The third kappa shape index (κ3) is 1.93. The van der Waals surface area contributed by atoms with Gasteiger partial charge in [-0.3, -0.25) is 4.98 Å². The molecule has 2 heteroatoms. The lowest BCUT2D eigenvalue weighted by atomic mass is 9.98. The van der Waals surface area contributed by atoms with Crippen molar-refractivity contribution in [1.82, 2.24) is 4.98 Å². The molecule has 18 heavy (non-hydrogen) atoms. The Bertz CT molecular complexity index is 677. The van der Waals surface area contributed by atoms with Crippen LogP contribution in [0.3, 0.4) is 0 Å².